The van der Waals surface area contributed by atoms with E-state index < -0.39 is 0 Å². The number of aromatic nitrogens is 3. The molecule has 0 unspecified atom stereocenters. The lowest BCUT2D eigenvalue weighted by molar-refractivity contribution is 0.0585. The van der Waals surface area contributed by atoms with E-state index in [0.717, 1.165) is 53.8 Å². The van der Waals surface area contributed by atoms with Crippen molar-refractivity contribution in [2.45, 2.75) is 44.4 Å². The maximum atomic E-state index is 13.8. The Morgan fingerprint density at radius 3 is 2.53 bits per heavy atom. The number of amides is 1. The Bertz CT molecular complexity index is 1290. The number of anilines is 1. The average molecular weight is 450 g/mol. The largest absolute Gasteiger partial charge is 0.361 e. The van der Waals surface area contributed by atoms with Gasteiger partial charge in [0.15, 0.2) is 0 Å². The van der Waals surface area contributed by atoms with E-state index in [-0.39, 0.29) is 18.1 Å². The summed E-state index contributed by atoms with van der Waals surface area (Å²) in [5, 5.41) is 8.68. The van der Waals surface area contributed by atoms with Crippen molar-refractivity contribution in [3.63, 3.8) is 0 Å². The van der Waals surface area contributed by atoms with Crippen molar-refractivity contribution in [2.75, 3.05) is 5.32 Å². The van der Waals surface area contributed by atoms with E-state index in [1.165, 1.54) is 5.56 Å². The van der Waals surface area contributed by atoms with Crippen LogP contribution in [0.25, 0.3) is 11.3 Å². The molecule has 1 saturated carbocycles. The van der Waals surface area contributed by atoms with Crippen LogP contribution in [0, 0.1) is 0 Å². The van der Waals surface area contributed by atoms with Crippen LogP contribution >= 0.6 is 0 Å². The molecule has 2 aromatic heterocycles. The summed E-state index contributed by atoms with van der Waals surface area (Å²) in [7, 11) is 0. The van der Waals surface area contributed by atoms with E-state index in [2.05, 4.69) is 33.5 Å². The number of carbonyl (C=O) groups excluding carboxylic acids is 1. The van der Waals surface area contributed by atoms with Crippen molar-refractivity contribution in [3.05, 3.63) is 102 Å². The summed E-state index contributed by atoms with van der Waals surface area (Å²) in [5.41, 5.74) is 5.60. The van der Waals surface area contributed by atoms with Gasteiger partial charge >= 0.3 is 0 Å². The van der Waals surface area contributed by atoms with Gasteiger partial charge in [0.2, 0.25) is 0 Å². The number of hydrogen-bond donors (Lipinski definition) is 1. The molecule has 1 amide bonds. The lowest BCUT2D eigenvalue weighted by atomic mass is 9.99. The molecule has 4 aromatic rings. The zero-order chi connectivity index (χ0) is 22.9. The van der Waals surface area contributed by atoms with Crippen molar-refractivity contribution in [3.8, 4) is 11.3 Å². The van der Waals surface area contributed by atoms with Crippen LogP contribution in [-0.2, 0) is 6.54 Å². The Morgan fingerprint density at radius 1 is 0.941 bits per heavy atom. The Morgan fingerprint density at radius 2 is 1.74 bits per heavy atom. The number of nitrogens with one attached hydrogen (secondary N) is 1. The first-order valence-electron chi connectivity index (χ1n) is 12.0. The molecule has 34 heavy (non-hydrogen) atoms. The predicted molar refractivity (Wildman–Crippen MR) is 132 cm³/mol. The van der Waals surface area contributed by atoms with Crippen LogP contribution in [0.5, 0.6) is 0 Å². The third-order valence-corrected chi connectivity index (χ3v) is 6.89. The molecular formula is C28H27N5O. The number of pyridine rings is 1. The molecule has 0 saturated heterocycles. The van der Waals surface area contributed by atoms with E-state index in [4.69, 9.17) is 5.10 Å². The minimum Gasteiger partial charge on any atom is -0.361 e. The van der Waals surface area contributed by atoms with Gasteiger partial charge in [-0.15, -0.1) is 0 Å². The number of hydrogen-bond acceptors (Lipinski definition) is 4. The second kappa shape index (κ2) is 8.78. The van der Waals surface area contributed by atoms with Gasteiger partial charge in [-0.25, -0.2) is 0 Å². The topological polar surface area (TPSA) is 63.1 Å². The monoisotopic (exact) mass is 449 g/mol. The van der Waals surface area contributed by atoms with Gasteiger partial charge in [0.1, 0.15) is 11.9 Å². The molecule has 1 N–H and O–H groups in total. The molecule has 6 rings (SSSR count). The fourth-order valence-corrected chi connectivity index (χ4v) is 5.27. The van der Waals surface area contributed by atoms with Crippen molar-refractivity contribution >= 4 is 11.6 Å². The van der Waals surface area contributed by atoms with Crippen LogP contribution in [0.2, 0.25) is 0 Å². The Labute approximate surface area is 199 Å². The number of fused-ring (bicyclic) bond motifs is 1. The quantitative estimate of drug-likeness (QED) is 0.437. The van der Waals surface area contributed by atoms with Gasteiger partial charge in [-0.05, 0) is 42.7 Å². The lowest BCUT2D eigenvalue weighted by Gasteiger charge is -2.41. The highest BCUT2D eigenvalue weighted by molar-refractivity contribution is 6.02. The smallest absolute Gasteiger partial charge is 0.258 e. The highest BCUT2D eigenvalue weighted by Crippen LogP contribution is 2.41. The molecule has 0 radical (unpaired) electrons. The van der Waals surface area contributed by atoms with Gasteiger partial charge in [-0.2, -0.15) is 5.10 Å². The maximum absolute atomic E-state index is 13.8. The molecule has 0 spiro atoms. The number of benzene rings is 2. The van der Waals surface area contributed by atoms with Gasteiger partial charge in [0.05, 0.1) is 12.1 Å². The van der Waals surface area contributed by atoms with Crippen molar-refractivity contribution in [1.82, 2.24) is 19.7 Å². The summed E-state index contributed by atoms with van der Waals surface area (Å²) < 4.78 is 1.98. The van der Waals surface area contributed by atoms with Gasteiger partial charge in [0.25, 0.3) is 5.91 Å². The fourth-order valence-electron chi connectivity index (χ4n) is 5.27. The first-order valence-corrected chi connectivity index (χ1v) is 12.0. The number of carbonyl (C=O) groups is 1. The molecule has 1 fully saturated rings. The third-order valence-electron chi connectivity index (χ3n) is 6.89. The maximum Gasteiger partial charge on any atom is 0.258 e. The molecule has 0 bridgehead atoms. The predicted octanol–water partition coefficient (Wildman–Crippen LogP) is 5.50. The van der Waals surface area contributed by atoms with Crippen molar-refractivity contribution < 1.29 is 4.79 Å². The van der Waals surface area contributed by atoms with Crippen LogP contribution in [0.4, 0.5) is 5.69 Å². The van der Waals surface area contributed by atoms with Crippen LogP contribution in [0.1, 0.15) is 53.3 Å². The van der Waals surface area contributed by atoms with E-state index in [1.54, 1.807) is 6.20 Å². The SMILES string of the molecule is O=C1c2ccccc2N[C@@H](c2cn(Cc3ccccc3)nc2-c2cccnc2)N1C1CCCC1. The van der Waals surface area contributed by atoms with E-state index in [1.807, 2.05) is 65.5 Å². The molecule has 1 atom stereocenters. The van der Waals surface area contributed by atoms with E-state index >= 15 is 0 Å². The molecular weight excluding hydrogens is 422 g/mol. The van der Waals surface area contributed by atoms with Crippen LogP contribution in [-0.4, -0.2) is 31.6 Å². The van der Waals surface area contributed by atoms with Gasteiger partial charge < -0.3 is 10.2 Å². The minimum atomic E-state index is -0.287. The third kappa shape index (κ3) is 3.75. The van der Waals surface area contributed by atoms with Crippen molar-refractivity contribution in [2.24, 2.45) is 0 Å². The van der Waals surface area contributed by atoms with Crippen LogP contribution in [0.15, 0.2) is 85.3 Å². The molecule has 2 aliphatic rings. The molecule has 6 heteroatoms. The van der Waals surface area contributed by atoms with Gasteiger partial charge in [-0.3, -0.25) is 14.5 Å². The summed E-state index contributed by atoms with van der Waals surface area (Å²) >= 11 is 0. The summed E-state index contributed by atoms with van der Waals surface area (Å²) in [4.78, 5) is 20.2. The number of para-hydroxylation sites is 1. The van der Waals surface area contributed by atoms with Gasteiger partial charge in [-0.1, -0.05) is 55.3 Å². The lowest BCUT2D eigenvalue weighted by Crippen LogP contribution is -2.47. The summed E-state index contributed by atoms with van der Waals surface area (Å²) in [6.07, 6.45) is 9.81. The molecule has 1 aliphatic carbocycles. The van der Waals surface area contributed by atoms with Gasteiger partial charge in [0, 0.05) is 41.4 Å². The summed E-state index contributed by atoms with van der Waals surface area (Å²) in [5.74, 6) is 0.0965. The van der Waals surface area contributed by atoms with Crippen LogP contribution in [0.3, 0.4) is 0 Å². The fraction of sp³-hybridized carbons (Fsp3) is 0.250. The first-order chi connectivity index (χ1) is 16.8. The zero-order valence-corrected chi connectivity index (χ0v) is 19.0. The summed E-state index contributed by atoms with van der Waals surface area (Å²) in [6.45, 7) is 0.661. The van der Waals surface area contributed by atoms with Crippen LogP contribution < -0.4 is 5.32 Å². The Balaban J connectivity index is 1.47. The standard InChI is InChI=1S/C28H27N5O/c34-28-23-14-6-7-15-25(23)30-27(33(28)22-12-4-5-13-22)24-19-32(18-20-9-2-1-3-10-20)31-26(24)21-11-8-16-29-17-21/h1-3,6-11,14-17,19,22,27,30H,4-5,12-13,18H2/t27-/m1/s1. The van der Waals surface area contributed by atoms with E-state index in [0.29, 0.717) is 6.54 Å². The second-order valence-corrected chi connectivity index (χ2v) is 9.10. The highest BCUT2D eigenvalue weighted by Gasteiger charge is 2.40. The molecule has 3 heterocycles. The van der Waals surface area contributed by atoms with Crippen molar-refractivity contribution in [1.29, 1.82) is 0 Å². The normalized spacial score (nSPS) is 18.1. The molecule has 1 aliphatic heterocycles. The zero-order valence-electron chi connectivity index (χ0n) is 19.0. The molecule has 6 nitrogen and oxygen atoms in total. The average Bonchev–Trinajstić information content (AvgIpc) is 3.56. The number of rotatable bonds is 5. The number of nitrogens with zero attached hydrogens (tertiary/aromatic N) is 4. The second-order valence-electron chi connectivity index (χ2n) is 9.10. The molecule has 2 aromatic carbocycles. The van der Waals surface area contributed by atoms with E-state index in [9.17, 15) is 4.79 Å². The Hall–Kier alpha value is -3.93. The minimum absolute atomic E-state index is 0.0965. The first kappa shape index (κ1) is 20.7. The highest BCUT2D eigenvalue weighted by atomic mass is 16.2. The summed E-state index contributed by atoms with van der Waals surface area (Å²) in [6, 6.07) is 22.3. The molecule has 170 valence electrons. The Kier molecular flexibility index (Phi) is 5.34.